The summed E-state index contributed by atoms with van der Waals surface area (Å²) < 4.78 is 31.1. The summed E-state index contributed by atoms with van der Waals surface area (Å²) in [4.78, 5) is 10.8. The number of nitrogens with zero attached hydrogens (tertiary/aromatic N) is 1. The first-order valence-electron chi connectivity index (χ1n) is 6.21. The first-order chi connectivity index (χ1) is 9.34. The highest BCUT2D eigenvalue weighted by Crippen LogP contribution is 2.29. The van der Waals surface area contributed by atoms with Crippen molar-refractivity contribution in [2.45, 2.75) is 18.2 Å². The van der Waals surface area contributed by atoms with E-state index in [1.165, 1.54) is 17.5 Å². The molecule has 1 heterocycles. The van der Waals surface area contributed by atoms with Crippen LogP contribution >= 0.6 is 0 Å². The number of carbonyl (C=O) groups is 1. The van der Waals surface area contributed by atoms with Gasteiger partial charge in [-0.3, -0.25) is 4.79 Å². The zero-order valence-corrected chi connectivity index (χ0v) is 12.2. The number of aliphatic carboxylic acids is 1. The van der Waals surface area contributed by atoms with E-state index in [0.29, 0.717) is 5.75 Å². The van der Waals surface area contributed by atoms with E-state index in [-0.39, 0.29) is 30.3 Å². The maximum atomic E-state index is 12.3. The highest BCUT2D eigenvalue weighted by atomic mass is 32.2. The molecule has 1 saturated heterocycles. The van der Waals surface area contributed by atoms with Gasteiger partial charge in [-0.25, -0.2) is 8.42 Å². The number of carboxylic acid groups (broad SMARTS) is 1. The molecule has 0 radical (unpaired) electrons. The highest BCUT2D eigenvalue weighted by molar-refractivity contribution is 7.89. The zero-order valence-electron chi connectivity index (χ0n) is 11.4. The molecule has 1 N–H and O–H groups in total. The Kier molecular flexibility index (Phi) is 4.01. The molecule has 0 spiro atoms. The first kappa shape index (κ1) is 14.8. The van der Waals surface area contributed by atoms with Gasteiger partial charge in [-0.2, -0.15) is 4.31 Å². The van der Waals surface area contributed by atoms with Crippen LogP contribution in [0.2, 0.25) is 0 Å². The summed E-state index contributed by atoms with van der Waals surface area (Å²) in [6.07, 6.45) is 0.00760. The van der Waals surface area contributed by atoms with Crippen LogP contribution in [-0.2, 0) is 14.8 Å². The molecular formula is C13H17NO5S. The molecule has 1 aromatic rings. The number of hydrogen-bond acceptors (Lipinski definition) is 4. The summed E-state index contributed by atoms with van der Waals surface area (Å²) in [5.41, 5.74) is 0.746. The van der Waals surface area contributed by atoms with Crippen LogP contribution in [0.1, 0.15) is 12.0 Å². The SMILES string of the molecule is COc1ccc(S(=O)(=O)N2CC(CC(=O)O)C2)cc1C. The summed E-state index contributed by atoms with van der Waals surface area (Å²) in [5, 5.41) is 8.67. The van der Waals surface area contributed by atoms with Crippen molar-refractivity contribution in [3.05, 3.63) is 23.8 Å². The minimum absolute atomic E-state index is 0.00760. The Labute approximate surface area is 118 Å². The standard InChI is InChI=1S/C13H17NO5S/c1-9-5-11(3-4-12(9)19-2)20(17,18)14-7-10(8-14)6-13(15)16/h3-5,10H,6-8H2,1-2H3,(H,15,16). The minimum atomic E-state index is -3.53. The van der Waals surface area contributed by atoms with Crippen molar-refractivity contribution in [1.29, 1.82) is 0 Å². The number of sulfonamides is 1. The monoisotopic (exact) mass is 299 g/mol. The van der Waals surface area contributed by atoms with Crippen LogP contribution in [0, 0.1) is 12.8 Å². The Bertz CT molecular complexity index is 620. The van der Waals surface area contributed by atoms with Gasteiger partial charge in [-0.1, -0.05) is 0 Å². The second-order valence-electron chi connectivity index (χ2n) is 4.92. The molecule has 110 valence electrons. The molecule has 1 fully saturated rings. The highest BCUT2D eigenvalue weighted by Gasteiger charge is 2.37. The van der Waals surface area contributed by atoms with Gasteiger partial charge in [0.05, 0.1) is 18.4 Å². The first-order valence-corrected chi connectivity index (χ1v) is 7.65. The van der Waals surface area contributed by atoms with Crippen molar-refractivity contribution in [1.82, 2.24) is 4.31 Å². The van der Waals surface area contributed by atoms with E-state index in [1.54, 1.807) is 19.1 Å². The quantitative estimate of drug-likeness (QED) is 0.880. The summed E-state index contributed by atoms with van der Waals surface area (Å²) in [5.74, 6) is -0.356. The average Bonchev–Trinajstić information content (AvgIpc) is 2.32. The van der Waals surface area contributed by atoms with Gasteiger partial charge in [0.1, 0.15) is 5.75 Å². The lowest BCUT2D eigenvalue weighted by Crippen LogP contribution is -2.50. The van der Waals surface area contributed by atoms with Gasteiger partial charge in [0.25, 0.3) is 0 Å². The van der Waals surface area contributed by atoms with Crippen LogP contribution in [-0.4, -0.2) is 44.0 Å². The van der Waals surface area contributed by atoms with Crippen molar-refractivity contribution in [2.24, 2.45) is 5.92 Å². The average molecular weight is 299 g/mol. The minimum Gasteiger partial charge on any atom is -0.496 e. The van der Waals surface area contributed by atoms with Crippen LogP contribution < -0.4 is 4.74 Å². The number of carboxylic acids is 1. The maximum absolute atomic E-state index is 12.3. The Balaban J connectivity index is 2.12. The third-order valence-corrected chi connectivity index (χ3v) is 5.22. The Morgan fingerprint density at radius 1 is 1.45 bits per heavy atom. The second kappa shape index (κ2) is 5.41. The molecule has 1 aliphatic heterocycles. The van der Waals surface area contributed by atoms with Gasteiger partial charge < -0.3 is 9.84 Å². The van der Waals surface area contributed by atoms with E-state index >= 15 is 0 Å². The Morgan fingerprint density at radius 3 is 2.60 bits per heavy atom. The van der Waals surface area contributed by atoms with Gasteiger partial charge in [-0.05, 0) is 36.6 Å². The third-order valence-electron chi connectivity index (χ3n) is 3.39. The Hall–Kier alpha value is -1.60. The predicted octanol–water partition coefficient (Wildman–Crippen LogP) is 1.10. The predicted molar refractivity (Wildman–Crippen MR) is 72.2 cm³/mol. The van der Waals surface area contributed by atoms with E-state index in [9.17, 15) is 13.2 Å². The van der Waals surface area contributed by atoms with E-state index < -0.39 is 16.0 Å². The van der Waals surface area contributed by atoms with Crippen molar-refractivity contribution in [3.63, 3.8) is 0 Å². The molecule has 0 aromatic heterocycles. The molecule has 0 atom stereocenters. The lowest BCUT2D eigenvalue weighted by molar-refractivity contribution is -0.139. The van der Waals surface area contributed by atoms with Crippen LogP contribution in [0.15, 0.2) is 23.1 Å². The molecule has 0 bridgehead atoms. The number of ether oxygens (including phenoxy) is 1. The summed E-state index contributed by atoms with van der Waals surface area (Å²) in [7, 11) is -2.00. The molecule has 1 aromatic carbocycles. The topological polar surface area (TPSA) is 83.9 Å². The number of hydrogen-bond donors (Lipinski definition) is 1. The van der Waals surface area contributed by atoms with Crippen LogP contribution in [0.3, 0.4) is 0 Å². The molecule has 6 nitrogen and oxygen atoms in total. The third kappa shape index (κ3) is 2.78. The Morgan fingerprint density at radius 2 is 2.10 bits per heavy atom. The van der Waals surface area contributed by atoms with E-state index in [2.05, 4.69) is 0 Å². The second-order valence-corrected chi connectivity index (χ2v) is 6.86. The van der Waals surface area contributed by atoms with Crippen molar-refractivity contribution >= 4 is 16.0 Å². The molecule has 0 amide bonds. The number of methoxy groups -OCH3 is 1. The largest absolute Gasteiger partial charge is 0.496 e. The molecule has 0 unspecified atom stereocenters. The van der Waals surface area contributed by atoms with Crippen molar-refractivity contribution in [3.8, 4) is 5.75 Å². The lowest BCUT2D eigenvalue weighted by Gasteiger charge is -2.37. The molecular weight excluding hydrogens is 282 g/mol. The fraction of sp³-hybridized carbons (Fsp3) is 0.462. The molecule has 2 rings (SSSR count). The maximum Gasteiger partial charge on any atom is 0.303 e. The van der Waals surface area contributed by atoms with Gasteiger partial charge in [0, 0.05) is 13.1 Å². The smallest absolute Gasteiger partial charge is 0.303 e. The van der Waals surface area contributed by atoms with Crippen LogP contribution in [0.25, 0.3) is 0 Å². The molecule has 7 heteroatoms. The fourth-order valence-corrected chi connectivity index (χ4v) is 3.93. The van der Waals surface area contributed by atoms with Crippen LogP contribution in [0.4, 0.5) is 0 Å². The fourth-order valence-electron chi connectivity index (χ4n) is 2.26. The number of benzene rings is 1. The van der Waals surface area contributed by atoms with Crippen LogP contribution in [0.5, 0.6) is 5.75 Å². The van der Waals surface area contributed by atoms with E-state index in [0.717, 1.165) is 5.56 Å². The normalized spacial score (nSPS) is 16.7. The lowest BCUT2D eigenvalue weighted by atomic mass is 10.00. The number of rotatable bonds is 5. The van der Waals surface area contributed by atoms with E-state index in [4.69, 9.17) is 9.84 Å². The summed E-state index contributed by atoms with van der Waals surface area (Å²) in [6, 6.07) is 4.70. The van der Waals surface area contributed by atoms with Gasteiger partial charge >= 0.3 is 5.97 Å². The number of aryl methyl sites for hydroxylation is 1. The van der Waals surface area contributed by atoms with Gasteiger partial charge in [-0.15, -0.1) is 0 Å². The zero-order chi connectivity index (χ0) is 14.9. The van der Waals surface area contributed by atoms with E-state index in [1.807, 2.05) is 0 Å². The molecule has 0 saturated carbocycles. The summed E-state index contributed by atoms with van der Waals surface area (Å²) >= 11 is 0. The molecule has 1 aliphatic rings. The van der Waals surface area contributed by atoms with Crippen molar-refractivity contribution in [2.75, 3.05) is 20.2 Å². The molecule has 0 aliphatic carbocycles. The van der Waals surface area contributed by atoms with Gasteiger partial charge in [0.15, 0.2) is 0 Å². The van der Waals surface area contributed by atoms with Gasteiger partial charge in [0.2, 0.25) is 10.0 Å². The summed E-state index contributed by atoms with van der Waals surface area (Å²) in [6.45, 7) is 2.31. The molecule has 20 heavy (non-hydrogen) atoms. The van der Waals surface area contributed by atoms with Crippen molar-refractivity contribution < 1.29 is 23.1 Å².